The summed E-state index contributed by atoms with van der Waals surface area (Å²) in [7, 11) is 0. The van der Waals surface area contributed by atoms with Gasteiger partial charge in [0.15, 0.2) is 11.6 Å². The Labute approximate surface area is 267 Å². The summed E-state index contributed by atoms with van der Waals surface area (Å²) in [5.41, 5.74) is -0.262. The van der Waals surface area contributed by atoms with E-state index in [0.717, 1.165) is 24.0 Å². The van der Waals surface area contributed by atoms with Crippen molar-refractivity contribution < 1.29 is 27.4 Å². The van der Waals surface area contributed by atoms with Gasteiger partial charge in [-0.25, -0.2) is 27.9 Å². The highest BCUT2D eigenvalue weighted by molar-refractivity contribution is 7.23. The molecule has 0 saturated carbocycles. The van der Waals surface area contributed by atoms with E-state index in [-0.39, 0.29) is 62.7 Å². The molecule has 2 aliphatic heterocycles. The van der Waals surface area contributed by atoms with Gasteiger partial charge in [-0.3, -0.25) is 10.3 Å². The molecule has 5 heterocycles. The number of nitrogens with zero attached hydrogens (tertiary/aromatic N) is 5. The lowest BCUT2D eigenvalue weighted by Crippen LogP contribution is -2.51. The lowest BCUT2D eigenvalue weighted by molar-refractivity contribution is 0.0636. The number of pyridine rings is 1. The monoisotopic (exact) mass is 653 g/mol. The molecule has 0 bridgehead atoms. The maximum atomic E-state index is 16.9. The molecular formula is C32H34F3N7O3S. The first-order valence-corrected chi connectivity index (χ1v) is 15.7. The molecule has 6 rings (SSSR count). The number of carbonyl (C=O) groups excluding carboxylic acids is 1. The number of ether oxygens (including phenoxy) is 2. The molecule has 4 aromatic rings. The van der Waals surface area contributed by atoms with Crippen molar-refractivity contribution in [3.63, 3.8) is 0 Å². The van der Waals surface area contributed by atoms with Crippen molar-refractivity contribution in [1.29, 1.82) is 5.26 Å². The molecule has 10 nitrogen and oxygen atoms in total. The van der Waals surface area contributed by atoms with Crippen LogP contribution in [0.3, 0.4) is 0 Å². The van der Waals surface area contributed by atoms with E-state index in [1.54, 1.807) is 40.8 Å². The number of hydrogen-bond donors (Lipinski definition) is 2. The number of anilines is 2. The third kappa shape index (κ3) is 5.61. The summed E-state index contributed by atoms with van der Waals surface area (Å²) in [6.45, 7) is 11.0. The molecule has 2 aliphatic rings. The van der Waals surface area contributed by atoms with Crippen LogP contribution in [0, 0.1) is 23.0 Å². The Kier molecular flexibility index (Phi) is 8.07. The fourth-order valence-corrected chi connectivity index (χ4v) is 7.13. The summed E-state index contributed by atoms with van der Waals surface area (Å²) < 4.78 is 56.7. The predicted octanol–water partition coefficient (Wildman–Crippen LogP) is 6.74. The number of rotatable bonds is 6. The molecule has 0 aliphatic carbocycles. The number of benzene rings is 1. The lowest BCUT2D eigenvalue weighted by Gasteiger charge is -2.31. The fourth-order valence-electron chi connectivity index (χ4n) is 6.10. The Morgan fingerprint density at radius 3 is 2.63 bits per heavy atom. The molecule has 14 heteroatoms. The molecular weight excluding hydrogens is 619 g/mol. The van der Waals surface area contributed by atoms with Gasteiger partial charge in [0.1, 0.15) is 28.9 Å². The third-order valence-corrected chi connectivity index (χ3v) is 9.36. The van der Waals surface area contributed by atoms with Crippen LogP contribution < -0.4 is 15.5 Å². The van der Waals surface area contributed by atoms with Gasteiger partial charge in [0, 0.05) is 46.7 Å². The summed E-state index contributed by atoms with van der Waals surface area (Å²) in [5.74, 6) is -1.11. The van der Waals surface area contributed by atoms with Gasteiger partial charge < -0.3 is 19.7 Å². The van der Waals surface area contributed by atoms with Gasteiger partial charge in [-0.1, -0.05) is 0 Å². The first kappa shape index (κ1) is 31.9. The Morgan fingerprint density at radius 1 is 1.20 bits per heavy atom. The second-order valence-electron chi connectivity index (χ2n) is 13.3. The summed E-state index contributed by atoms with van der Waals surface area (Å²) >= 11 is 0.841. The minimum atomic E-state index is -0.817. The summed E-state index contributed by atoms with van der Waals surface area (Å²) in [6, 6.07) is 1.92. The van der Waals surface area contributed by atoms with Crippen LogP contribution in [-0.4, -0.2) is 57.5 Å². The van der Waals surface area contributed by atoms with Crippen LogP contribution in [0.5, 0.6) is 0 Å². The summed E-state index contributed by atoms with van der Waals surface area (Å²) in [5, 5.41) is 16.7. The molecule has 1 aromatic carbocycles. The molecule has 242 valence electrons. The average molecular weight is 654 g/mol. The second kappa shape index (κ2) is 11.6. The number of aromatic nitrogens is 3. The number of thiophene rings is 1. The van der Waals surface area contributed by atoms with Crippen LogP contribution in [0.4, 0.5) is 28.9 Å². The van der Waals surface area contributed by atoms with Crippen molar-refractivity contribution in [1.82, 2.24) is 20.3 Å². The van der Waals surface area contributed by atoms with E-state index in [1.165, 1.54) is 0 Å². The van der Waals surface area contributed by atoms with Crippen molar-refractivity contribution in [2.24, 2.45) is 0 Å². The first-order valence-electron chi connectivity index (χ1n) is 14.9. The Morgan fingerprint density at radius 2 is 1.93 bits per heavy atom. The zero-order valence-corrected chi connectivity index (χ0v) is 27.2. The summed E-state index contributed by atoms with van der Waals surface area (Å²) in [6.07, 6.45) is 2.47. The van der Waals surface area contributed by atoms with E-state index >= 15 is 8.78 Å². The molecule has 0 radical (unpaired) electrons. The highest BCUT2D eigenvalue weighted by Gasteiger charge is 2.37. The van der Waals surface area contributed by atoms with E-state index in [9.17, 15) is 14.4 Å². The minimum Gasteiger partial charge on any atom is -0.444 e. The zero-order chi connectivity index (χ0) is 33.1. The maximum Gasteiger partial charge on any atom is 0.412 e. The maximum absolute atomic E-state index is 16.9. The lowest BCUT2D eigenvalue weighted by atomic mass is 9.94. The van der Waals surface area contributed by atoms with Gasteiger partial charge in [0.2, 0.25) is 5.95 Å². The van der Waals surface area contributed by atoms with E-state index < -0.39 is 35.5 Å². The fraction of sp³-hybridized carbons (Fsp3) is 0.469. The molecule has 1 saturated heterocycles. The van der Waals surface area contributed by atoms with Crippen LogP contribution in [-0.2, 0) is 22.7 Å². The largest absolute Gasteiger partial charge is 0.444 e. The number of nitrogens with one attached hydrogen (secondary N) is 2. The molecule has 2 atom stereocenters. The van der Waals surface area contributed by atoms with Crippen molar-refractivity contribution in [2.45, 2.75) is 84.4 Å². The van der Waals surface area contributed by atoms with Crippen molar-refractivity contribution in [3.05, 3.63) is 40.7 Å². The molecule has 46 heavy (non-hydrogen) atoms. The average Bonchev–Trinajstić information content (AvgIpc) is 3.71. The molecule has 0 unspecified atom stereocenters. The third-order valence-electron chi connectivity index (χ3n) is 8.24. The second-order valence-corrected chi connectivity index (χ2v) is 14.3. The van der Waals surface area contributed by atoms with E-state index in [0.29, 0.717) is 29.0 Å². The highest BCUT2D eigenvalue weighted by Crippen LogP contribution is 2.46. The van der Waals surface area contributed by atoms with Crippen molar-refractivity contribution in [3.8, 4) is 17.3 Å². The number of fused-ring (bicyclic) bond motifs is 4. The zero-order valence-electron chi connectivity index (χ0n) is 26.3. The van der Waals surface area contributed by atoms with Crippen LogP contribution >= 0.6 is 11.3 Å². The standard InChI is InChI=1S/C32H34F3N7O3S/c1-15-21(41-32(5,6)14-33)7-8-42(15)29-38-10-17-18-12-44-13-19(18)22(24(35)25(17)39-29)26-23-16(9-36)28(40-30(43)45-31(2,3)4)46-27(23)20(34)11-37-26/h10-11,15,21,41H,7-8,12-14H2,1-6H3,(H,40,43)/t15-,21-/m0/s1. The van der Waals surface area contributed by atoms with E-state index in [2.05, 4.69) is 25.6 Å². The van der Waals surface area contributed by atoms with Gasteiger partial charge >= 0.3 is 6.09 Å². The van der Waals surface area contributed by atoms with Crippen LogP contribution in [0.15, 0.2) is 12.4 Å². The number of amides is 1. The van der Waals surface area contributed by atoms with Gasteiger partial charge in [-0.15, -0.1) is 11.3 Å². The Balaban J connectivity index is 1.48. The molecule has 1 fully saturated rings. The Bertz CT molecular complexity index is 1920. The van der Waals surface area contributed by atoms with Crippen LogP contribution in [0.1, 0.15) is 64.7 Å². The van der Waals surface area contributed by atoms with E-state index in [4.69, 9.17) is 9.47 Å². The quantitative estimate of drug-likeness (QED) is 0.233. The number of carbonyl (C=O) groups is 1. The van der Waals surface area contributed by atoms with Gasteiger partial charge in [0.05, 0.1) is 35.4 Å². The number of alkyl halides is 1. The predicted molar refractivity (Wildman–Crippen MR) is 170 cm³/mol. The molecule has 0 spiro atoms. The van der Waals surface area contributed by atoms with Gasteiger partial charge in [0.25, 0.3) is 0 Å². The topological polar surface area (TPSA) is 125 Å². The molecule has 2 N–H and O–H groups in total. The number of hydrogen-bond acceptors (Lipinski definition) is 10. The normalized spacial score (nSPS) is 18.3. The molecule has 3 aromatic heterocycles. The number of halogens is 3. The minimum absolute atomic E-state index is 0.0259. The smallest absolute Gasteiger partial charge is 0.412 e. The first-order chi connectivity index (χ1) is 21.7. The Hall–Kier alpha value is -4.06. The number of nitriles is 1. The highest BCUT2D eigenvalue weighted by atomic mass is 32.1. The molecule has 1 amide bonds. The van der Waals surface area contributed by atoms with Gasteiger partial charge in [-0.2, -0.15) is 5.26 Å². The van der Waals surface area contributed by atoms with Gasteiger partial charge in [-0.05, 0) is 59.1 Å². The SMILES string of the molecule is C[C@H]1[C@@H](NC(C)(C)CF)CCN1c1ncc2c3c(c(-c4ncc(F)c5sc(NC(=O)OC(C)(C)C)c(C#N)c45)c(F)c2n1)COC3. The van der Waals surface area contributed by atoms with Crippen molar-refractivity contribution >= 4 is 49.4 Å². The van der Waals surface area contributed by atoms with Crippen LogP contribution in [0.25, 0.3) is 32.2 Å². The van der Waals surface area contributed by atoms with Crippen molar-refractivity contribution in [2.75, 3.05) is 23.4 Å². The van der Waals surface area contributed by atoms with Crippen LogP contribution in [0.2, 0.25) is 0 Å². The van der Waals surface area contributed by atoms with E-state index in [1.807, 2.05) is 17.9 Å². The summed E-state index contributed by atoms with van der Waals surface area (Å²) in [4.78, 5) is 28.1.